The molecule has 4 aliphatic rings. The summed E-state index contributed by atoms with van der Waals surface area (Å²) in [6.45, 7) is 5.30. The number of phenolic OH excluding ortho intramolecular Hbond substituents is 1. The summed E-state index contributed by atoms with van der Waals surface area (Å²) in [5.41, 5.74) is 1.34. The van der Waals surface area contributed by atoms with Gasteiger partial charge in [0.25, 0.3) is 0 Å². The lowest BCUT2D eigenvalue weighted by Crippen LogP contribution is -2.43. The molecular formula is C34H35FN6O2. The van der Waals surface area contributed by atoms with Gasteiger partial charge in [-0.15, -0.1) is 6.42 Å². The van der Waals surface area contributed by atoms with Crippen LogP contribution in [0, 0.1) is 18.2 Å². The predicted molar refractivity (Wildman–Crippen MR) is 165 cm³/mol. The molecule has 2 aromatic heterocycles. The van der Waals surface area contributed by atoms with E-state index in [9.17, 15) is 5.11 Å². The van der Waals surface area contributed by atoms with Gasteiger partial charge in [0.05, 0.1) is 10.9 Å². The summed E-state index contributed by atoms with van der Waals surface area (Å²) in [7, 11) is 0. The summed E-state index contributed by atoms with van der Waals surface area (Å²) in [6, 6.07) is 8.81. The van der Waals surface area contributed by atoms with Crippen LogP contribution in [0.1, 0.15) is 50.5 Å². The van der Waals surface area contributed by atoms with Gasteiger partial charge in [0.2, 0.25) is 0 Å². The molecule has 0 saturated carbocycles. The maximum absolute atomic E-state index is 16.8. The molecule has 0 aliphatic carbocycles. The highest BCUT2D eigenvalue weighted by Crippen LogP contribution is 2.42. The molecule has 4 saturated heterocycles. The number of anilines is 1. The lowest BCUT2D eigenvalue weighted by molar-refractivity contribution is 0.108. The largest absolute Gasteiger partial charge is 0.508 e. The average Bonchev–Trinajstić information content (AvgIpc) is 3.81. The molecule has 0 radical (unpaired) electrons. The van der Waals surface area contributed by atoms with Crippen molar-refractivity contribution in [1.82, 2.24) is 25.2 Å². The molecule has 9 heteroatoms. The maximum atomic E-state index is 16.8. The second kappa shape index (κ2) is 10.0. The molecule has 8 rings (SSSR count). The van der Waals surface area contributed by atoms with Crippen molar-refractivity contribution in [3.05, 3.63) is 47.9 Å². The van der Waals surface area contributed by atoms with E-state index in [1.54, 1.807) is 12.3 Å². The fraction of sp³-hybridized carbons (Fsp3) is 0.441. The Hall–Kier alpha value is -4.00. The Labute approximate surface area is 250 Å². The molecule has 2 N–H and O–H groups in total. The molecule has 4 aromatic rings. The number of pyridine rings is 1. The van der Waals surface area contributed by atoms with Crippen LogP contribution < -0.4 is 15.0 Å². The van der Waals surface area contributed by atoms with Crippen molar-refractivity contribution in [3.8, 4) is 35.4 Å². The van der Waals surface area contributed by atoms with Crippen molar-refractivity contribution in [2.45, 2.75) is 56.0 Å². The Bertz CT molecular complexity index is 1790. The SMILES string of the molecule is C#Cc1cccc2cc(O)cc(-c3ncc4c(N5CCC6(CCCN6)C5)nc(OCC56CCCN5CCC6)nc4c3F)c12. The molecule has 0 amide bonds. The standard InChI is InChI=1S/C34H35FN6O2/c1-2-22-7-3-8-23-17-24(42)18-25(27(22)23)29-28(35)30-26(19-36-29)31(40-16-12-33(20-40)9-4-13-37-33)39-32(38-30)43-21-34-10-5-14-41(34)15-6-11-34/h1,3,7-8,17-19,37,42H,4-6,9-16,20-21H2. The van der Waals surface area contributed by atoms with Crippen molar-refractivity contribution in [3.63, 3.8) is 0 Å². The first-order valence-electron chi connectivity index (χ1n) is 15.4. The number of hydrogen-bond acceptors (Lipinski definition) is 8. The van der Waals surface area contributed by atoms with Crippen LogP contribution in [0.2, 0.25) is 0 Å². The number of aromatic hydroxyl groups is 1. The minimum atomic E-state index is -0.584. The first kappa shape index (κ1) is 26.6. The average molecular weight is 579 g/mol. The highest BCUT2D eigenvalue weighted by molar-refractivity contribution is 6.02. The van der Waals surface area contributed by atoms with E-state index in [0.29, 0.717) is 39.7 Å². The van der Waals surface area contributed by atoms with E-state index >= 15 is 4.39 Å². The van der Waals surface area contributed by atoms with E-state index in [1.807, 2.05) is 18.2 Å². The van der Waals surface area contributed by atoms with Gasteiger partial charge in [0.15, 0.2) is 5.82 Å². The molecule has 4 fully saturated rings. The minimum absolute atomic E-state index is 0.00809. The summed E-state index contributed by atoms with van der Waals surface area (Å²) in [4.78, 5) is 19.0. The molecule has 4 aliphatic heterocycles. The van der Waals surface area contributed by atoms with Crippen LogP contribution in [0.25, 0.3) is 32.9 Å². The topological polar surface area (TPSA) is 86.6 Å². The van der Waals surface area contributed by atoms with Gasteiger partial charge in [-0.25, -0.2) is 4.39 Å². The van der Waals surface area contributed by atoms with Crippen molar-refractivity contribution >= 4 is 27.5 Å². The third kappa shape index (κ3) is 4.30. The molecule has 0 bridgehead atoms. The van der Waals surface area contributed by atoms with E-state index in [1.165, 1.54) is 6.07 Å². The Balaban J connectivity index is 1.26. The molecule has 2 aromatic carbocycles. The number of halogens is 1. The Kier molecular flexibility index (Phi) is 6.21. The number of benzene rings is 2. The monoisotopic (exact) mass is 578 g/mol. The number of hydrogen-bond donors (Lipinski definition) is 2. The second-order valence-electron chi connectivity index (χ2n) is 12.7. The molecule has 1 unspecified atom stereocenters. The van der Waals surface area contributed by atoms with Gasteiger partial charge < -0.3 is 20.1 Å². The van der Waals surface area contributed by atoms with Crippen molar-refractivity contribution in [2.24, 2.45) is 0 Å². The second-order valence-corrected chi connectivity index (χ2v) is 12.7. The normalized spacial score (nSPS) is 23.0. The van der Waals surface area contributed by atoms with Crippen LogP contribution in [-0.2, 0) is 0 Å². The number of fused-ring (bicyclic) bond motifs is 3. The van der Waals surface area contributed by atoms with Gasteiger partial charge in [-0.05, 0) is 88.2 Å². The summed E-state index contributed by atoms with van der Waals surface area (Å²) < 4.78 is 23.2. The molecule has 43 heavy (non-hydrogen) atoms. The van der Waals surface area contributed by atoms with Crippen molar-refractivity contribution in [1.29, 1.82) is 0 Å². The van der Waals surface area contributed by atoms with Crippen molar-refractivity contribution in [2.75, 3.05) is 44.2 Å². The van der Waals surface area contributed by atoms with Gasteiger partial charge in [-0.2, -0.15) is 9.97 Å². The van der Waals surface area contributed by atoms with Crippen LogP contribution in [0.5, 0.6) is 11.8 Å². The van der Waals surface area contributed by atoms with E-state index in [2.05, 4.69) is 31.0 Å². The summed E-state index contributed by atoms with van der Waals surface area (Å²) >= 11 is 0. The molecule has 6 heterocycles. The van der Waals surface area contributed by atoms with E-state index < -0.39 is 5.82 Å². The fourth-order valence-electron chi connectivity index (χ4n) is 8.16. The lowest BCUT2D eigenvalue weighted by Gasteiger charge is -2.31. The summed E-state index contributed by atoms with van der Waals surface area (Å²) in [5.74, 6) is 2.78. The van der Waals surface area contributed by atoms with Gasteiger partial charge in [-0.3, -0.25) is 9.88 Å². The molecule has 1 spiro atoms. The number of nitrogens with zero attached hydrogens (tertiary/aromatic N) is 5. The van der Waals surface area contributed by atoms with Crippen LogP contribution in [-0.4, -0.2) is 75.4 Å². The lowest BCUT2D eigenvalue weighted by atomic mass is 9.95. The van der Waals surface area contributed by atoms with Crippen LogP contribution in [0.4, 0.5) is 10.2 Å². The third-order valence-corrected chi connectivity index (χ3v) is 10.3. The predicted octanol–water partition coefficient (Wildman–Crippen LogP) is 5.01. The van der Waals surface area contributed by atoms with Crippen LogP contribution in [0.3, 0.4) is 0 Å². The first-order valence-corrected chi connectivity index (χ1v) is 15.4. The molecule has 8 nitrogen and oxygen atoms in total. The third-order valence-electron chi connectivity index (χ3n) is 10.3. The van der Waals surface area contributed by atoms with Crippen molar-refractivity contribution < 1.29 is 14.2 Å². The van der Waals surface area contributed by atoms with E-state index in [-0.39, 0.29) is 34.0 Å². The molecular weight excluding hydrogens is 543 g/mol. The van der Waals surface area contributed by atoms with Gasteiger partial charge in [0, 0.05) is 41.3 Å². The van der Waals surface area contributed by atoms with Gasteiger partial charge in [-0.1, -0.05) is 18.1 Å². The number of phenols is 1. The number of nitrogens with one attached hydrogen (secondary N) is 1. The highest BCUT2D eigenvalue weighted by Gasteiger charge is 2.45. The highest BCUT2D eigenvalue weighted by atomic mass is 19.1. The quantitative estimate of drug-likeness (QED) is 0.320. The Morgan fingerprint density at radius 1 is 1.07 bits per heavy atom. The summed E-state index contributed by atoms with van der Waals surface area (Å²) in [5, 5.41) is 16.2. The van der Waals surface area contributed by atoms with E-state index in [4.69, 9.17) is 16.1 Å². The summed E-state index contributed by atoms with van der Waals surface area (Å²) in [6.07, 6.45) is 15.3. The maximum Gasteiger partial charge on any atom is 0.319 e. The molecule has 220 valence electrons. The van der Waals surface area contributed by atoms with E-state index in [0.717, 1.165) is 77.7 Å². The number of ether oxygens (including phenoxy) is 1. The zero-order valence-electron chi connectivity index (χ0n) is 24.2. The molecule has 1 atom stereocenters. The number of terminal acetylenes is 1. The Morgan fingerprint density at radius 2 is 1.93 bits per heavy atom. The number of rotatable bonds is 5. The fourth-order valence-corrected chi connectivity index (χ4v) is 8.16. The first-order chi connectivity index (χ1) is 21.0. The smallest absolute Gasteiger partial charge is 0.319 e. The number of aromatic nitrogens is 3. The zero-order valence-corrected chi connectivity index (χ0v) is 24.2. The van der Waals surface area contributed by atoms with Gasteiger partial charge in [0.1, 0.15) is 29.4 Å². The van der Waals surface area contributed by atoms with Crippen LogP contribution >= 0.6 is 0 Å². The Morgan fingerprint density at radius 3 is 2.72 bits per heavy atom. The minimum Gasteiger partial charge on any atom is -0.508 e. The zero-order chi connectivity index (χ0) is 29.2. The van der Waals surface area contributed by atoms with Crippen LogP contribution in [0.15, 0.2) is 36.5 Å². The van der Waals surface area contributed by atoms with Gasteiger partial charge >= 0.3 is 6.01 Å².